The van der Waals surface area contributed by atoms with E-state index < -0.39 is 10.0 Å². The Morgan fingerprint density at radius 1 is 1.38 bits per heavy atom. The third-order valence-corrected chi connectivity index (χ3v) is 5.83. The minimum absolute atomic E-state index is 0.234. The standard InChI is InChI=1S/C15H21ClN2O2S/c1-12-6-8-18(11-14(12)10-17)21(19,20)9-7-13-2-4-15(16)5-3-13/h2-5,7,9,12,14H,6,8,10-11,17H2,1H3/b9-7+. The van der Waals surface area contributed by atoms with Gasteiger partial charge < -0.3 is 5.73 Å². The first-order chi connectivity index (χ1) is 9.92. The maximum Gasteiger partial charge on any atom is 0.236 e. The lowest BCUT2D eigenvalue weighted by Crippen LogP contribution is -2.44. The summed E-state index contributed by atoms with van der Waals surface area (Å²) < 4.78 is 26.3. The molecule has 2 atom stereocenters. The summed E-state index contributed by atoms with van der Waals surface area (Å²) in [6, 6.07) is 7.05. The average Bonchev–Trinajstić information content (AvgIpc) is 2.47. The van der Waals surface area contributed by atoms with E-state index in [1.165, 1.54) is 9.71 Å². The summed E-state index contributed by atoms with van der Waals surface area (Å²) in [7, 11) is -3.39. The zero-order chi connectivity index (χ0) is 15.5. The first-order valence-corrected chi connectivity index (χ1v) is 8.94. The quantitative estimate of drug-likeness (QED) is 0.923. The molecule has 21 heavy (non-hydrogen) atoms. The van der Waals surface area contributed by atoms with E-state index in [0.29, 0.717) is 30.6 Å². The highest BCUT2D eigenvalue weighted by Gasteiger charge is 2.30. The molecular weight excluding hydrogens is 308 g/mol. The fraction of sp³-hybridized carbons (Fsp3) is 0.467. The third-order valence-electron chi connectivity index (χ3n) is 4.04. The molecule has 0 saturated carbocycles. The van der Waals surface area contributed by atoms with Crippen LogP contribution in [0.1, 0.15) is 18.9 Å². The van der Waals surface area contributed by atoms with Gasteiger partial charge in [-0.15, -0.1) is 0 Å². The van der Waals surface area contributed by atoms with Crippen molar-refractivity contribution >= 4 is 27.7 Å². The van der Waals surface area contributed by atoms with Crippen LogP contribution in [0.2, 0.25) is 5.02 Å². The first-order valence-electron chi connectivity index (χ1n) is 7.06. The van der Waals surface area contributed by atoms with Gasteiger partial charge in [-0.2, -0.15) is 4.31 Å². The smallest absolute Gasteiger partial charge is 0.236 e. The van der Waals surface area contributed by atoms with E-state index in [1.807, 2.05) is 0 Å². The molecule has 0 amide bonds. The molecule has 6 heteroatoms. The van der Waals surface area contributed by atoms with Crippen molar-refractivity contribution in [2.45, 2.75) is 13.3 Å². The van der Waals surface area contributed by atoms with Gasteiger partial charge in [-0.1, -0.05) is 30.7 Å². The van der Waals surface area contributed by atoms with Crippen LogP contribution >= 0.6 is 11.6 Å². The Kier molecular flexibility index (Phi) is 5.43. The van der Waals surface area contributed by atoms with Crippen molar-refractivity contribution in [3.63, 3.8) is 0 Å². The number of nitrogens with zero attached hydrogens (tertiary/aromatic N) is 1. The van der Waals surface area contributed by atoms with Crippen LogP contribution in [0.5, 0.6) is 0 Å². The Hall–Kier alpha value is -0.880. The molecule has 1 fully saturated rings. The van der Waals surface area contributed by atoms with Gasteiger partial charge in [0.25, 0.3) is 0 Å². The normalized spacial score (nSPS) is 24.5. The molecule has 1 aromatic carbocycles. The molecule has 4 nitrogen and oxygen atoms in total. The number of sulfonamides is 1. The molecule has 0 spiro atoms. The van der Waals surface area contributed by atoms with Crippen molar-refractivity contribution in [1.29, 1.82) is 0 Å². The molecule has 2 unspecified atom stereocenters. The van der Waals surface area contributed by atoms with E-state index in [0.717, 1.165) is 12.0 Å². The second-order valence-electron chi connectivity index (χ2n) is 5.52. The van der Waals surface area contributed by atoms with Crippen LogP contribution in [-0.4, -0.2) is 32.4 Å². The SMILES string of the molecule is CC1CCN(S(=O)(=O)/C=C/c2ccc(Cl)cc2)CC1CN. The van der Waals surface area contributed by atoms with Crippen LogP contribution in [0.15, 0.2) is 29.7 Å². The summed E-state index contributed by atoms with van der Waals surface area (Å²) in [4.78, 5) is 0. The first kappa shape index (κ1) is 16.5. The van der Waals surface area contributed by atoms with Crippen LogP contribution in [0.3, 0.4) is 0 Å². The predicted octanol–water partition coefficient (Wildman–Crippen LogP) is 2.56. The van der Waals surface area contributed by atoms with Crippen LogP contribution in [-0.2, 0) is 10.0 Å². The summed E-state index contributed by atoms with van der Waals surface area (Å²) >= 11 is 5.81. The van der Waals surface area contributed by atoms with Crippen molar-refractivity contribution in [1.82, 2.24) is 4.31 Å². The van der Waals surface area contributed by atoms with E-state index in [-0.39, 0.29) is 5.92 Å². The summed E-state index contributed by atoms with van der Waals surface area (Å²) in [6.45, 7) is 3.72. The molecule has 1 heterocycles. The van der Waals surface area contributed by atoms with Crippen molar-refractivity contribution in [2.24, 2.45) is 17.6 Å². The highest BCUT2D eigenvalue weighted by Crippen LogP contribution is 2.25. The van der Waals surface area contributed by atoms with Gasteiger partial charge >= 0.3 is 0 Å². The van der Waals surface area contributed by atoms with Gasteiger partial charge in [-0.05, 0) is 48.6 Å². The number of benzene rings is 1. The molecule has 1 saturated heterocycles. The molecule has 0 aromatic heterocycles. The van der Waals surface area contributed by atoms with E-state index in [1.54, 1.807) is 30.3 Å². The number of hydrogen-bond acceptors (Lipinski definition) is 3. The molecule has 0 radical (unpaired) electrons. The highest BCUT2D eigenvalue weighted by atomic mass is 35.5. The zero-order valence-electron chi connectivity index (χ0n) is 12.1. The van der Waals surface area contributed by atoms with Gasteiger partial charge in [0.2, 0.25) is 10.0 Å². The summed E-state index contributed by atoms with van der Waals surface area (Å²) in [5.74, 6) is 0.708. The molecule has 1 aromatic rings. The molecule has 1 aliphatic rings. The van der Waals surface area contributed by atoms with Crippen LogP contribution in [0.25, 0.3) is 6.08 Å². The molecule has 0 bridgehead atoms. The minimum Gasteiger partial charge on any atom is -0.330 e. The second kappa shape index (κ2) is 6.92. The van der Waals surface area contributed by atoms with Crippen molar-refractivity contribution in [3.8, 4) is 0 Å². The van der Waals surface area contributed by atoms with E-state index in [2.05, 4.69) is 6.92 Å². The fourth-order valence-corrected chi connectivity index (χ4v) is 3.86. The van der Waals surface area contributed by atoms with Gasteiger partial charge in [0, 0.05) is 23.5 Å². The van der Waals surface area contributed by atoms with Crippen molar-refractivity contribution in [3.05, 3.63) is 40.3 Å². The van der Waals surface area contributed by atoms with Crippen LogP contribution in [0.4, 0.5) is 0 Å². The van der Waals surface area contributed by atoms with E-state index in [9.17, 15) is 8.42 Å². The number of nitrogens with two attached hydrogens (primary N) is 1. The lowest BCUT2D eigenvalue weighted by Gasteiger charge is -2.35. The Labute approximate surface area is 131 Å². The molecule has 2 rings (SSSR count). The summed E-state index contributed by atoms with van der Waals surface area (Å²) in [5, 5.41) is 1.89. The second-order valence-corrected chi connectivity index (χ2v) is 7.77. The molecular formula is C15H21ClN2O2S. The number of hydrogen-bond donors (Lipinski definition) is 1. The van der Waals surface area contributed by atoms with Gasteiger partial charge in [-0.25, -0.2) is 8.42 Å². The monoisotopic (exact) mass is 328 g/mol. The Bertz CT molecular complexity index is 599. The Morgan fingerprint density at radius 2 is 2.05 bits per heavy atom. The number of piperidine rings is 1. The van der Waals surface area contributed by atoms with Crippen molar-refractivity contribution < 1.29 is 8.42 Å². The number of halogens is 1. The van der Waals surface area contributed by atoms with Gasteiger partial charge in [0.1, 0.15) is 0 Å². The maximum absolute atomic E-state index is 12.4. The lowest BCUT2D eigenvalue weighted by molar-refractivity contribution is 0.204. The topological polar surface area (TPSA) is 63.4 Å². The third kappa shape index (κ3) is 4.30. The number of rotatable bonds is 4. The van der Waals surface area contributed by atoms with Gasteiger partial charge in [0.05, 0.1) is 0 Å². The minimum atomic E-state index is -3.39. The highest BCUT2D eigenvalue weighted by molar-refractivity contribution is 7.92. The zero-order valence-corrected chi connectivity index (χ0v) is 13.6. The summed E-state index contributed by atoms with van der Waals surface area (Å²) in [5.41, 5.74) is 6.54. The molecule has 1 aliphatic heterocycles. The Balaban J connectivity index is 2.09. The average molecular weight is 329 g/mol. The molecule has 2 N–H and O–H groups in total. The lowest BCUT2D eigenvalue weighted by atomic mass is 9.88. The van der Waals surface area contributed by atoms with E-state index >= 15 is 0 Å². The van der Waals surface area contributed by atoms with Gasteiger partial charge in [-0.3, -0.25) is 0 Å². The maximum atomic E-state index is 12.4. The molecule has 0 aliphatic carbocycles. The van der Waals surface area contributed by atoms with Crippen LogP contribution < -0.4 is 5.73 Å². The van der Waals surface area contributed by atoms with Crippen molar-refractivity contribution in [2.75, 3.05) is 19.6 Å². The van der Waals surface area contributed by atoms with Gasteiger partial charge in [0.15, 0.2) is 0 Å². The fourth-order valence-electron chi connectivity index (χ4n) is 2.48. The summed E-state index contributed by atoms with van der Waals surface area (Å²) in [6.07, 6.45) is 2.46. The molecule has 116 valence electrons. The predicted molar refractivity (Wildman–Crippen MR) is 87.3 cm³/mol. The van der Waals surface area contributed by atoms with E-state index in [4.69, 9.17) is 17.3 Å². The largest absolute Gasteiger partial charge is 0.330 e. The van der Waals surface area contributed by atoms with Crippen LogP contribution in [0, 0.1) is 11.8 Å². The Morgan fingerprint density at radius 3 is 2.67 bits per heavy atom.